The number of benzene rings is 1. The number of hydrogen-bond donors (Lipinski definition) is 1. The molecule has 1 fully saturated rings. The summed E-state index contributed by atoms with van der Waals surface area (Å²) < 4.78 is 0. The van der Waals surface area contributed by atoms with Crippen LogP contribution < -0.4 is 5.32 Å². The molecule has 0 atom stereocenters. The molecule has 0 spiro atoms. The molecule has 0 aromatic heterocycles. The maximum Gasteiger partial charge on any atom is 0.274 e. The Morgan fingerprint density at radius 3 is 2.88 bits per heavy atom. The molecule has 0 radical (unpaired) electrons. The number of nitrogens with zero attached hydrogens (tertiary/aromatic N) is 2. The Hall–Kier alpha value is -2.04. The Morgan fingerprint density at radius 2 is 2.18 bits per heavy atom. The highest BCUT2D eigenvalue weighted by Gasteiger charge is 2.17. The fraction of sp³-hybridized carbons (Fsp3) is 0.333. The minimum Gasteiger partial charge on any atom is -0.367 e. The average molecular weight is 233 g/mol. The van der Waals surface area contributed by atoms with Crippen LogP contribution in [0.5, 0.6) is 0 Å². The van der Waals surface area contributed by atoms with Crippen LogP contribution in [0.3, 0.4) is 0 Å². The molecule has 1 aromatic carbocycles. The lowest BCUT2D eigenvalue weighted by molar-refractivity contribution is -0.405. The molecule has 0 amide bonds. The van der Waals surface area contributed by atoms with Gasteiger partial charge in [-0.3, -0.25) is 10.1 Å². The van der Waals surface area contributed by atoms with E-state index in [9.17, 15) is 10.1 Å². The predicted octanol–water partition coefficient (Wildman–Crippen LogP) is 1.56. The molecule has 2 rings (SSSR count). The third kappa shape index (κ3) is 3.21. The van der Waals surface area contributed by atoms with Gasteiger partial charge in [0, 0.05) is 19.6 Å². The second kappa shape index (κ2) is 5.34. The van der Waals surface area contributed by atoms with Crippen molar-refractivity contribution in [2.75, 3.05) is 13.1 Å². The number of nitrogens with one attached hydrogen (secondary N) is 1. The quantitative estimate of drug-likeness (QED) is 0.635. The van der Waals surface area contributed by atoms with Crippen molar-refractivity contribution in [3.05, 3.63) is 58.0 Å². The zero-order valence-corrected chi connectivity index (χ0v) is 9.50. The molecule has 1 aliphatic heterocycles. The Balaban J connectivity index is 2.09. The van der Waals surface area contributed by atoms with Crippen molar-refractivity contribution < 1.29 is 4.92 Å². The molecule has 1 saturated heterocycles. The Bertz CT molecular complexity index is 417. The molecule has 0 bridgehead atoms. The molecule has 90 valence electrons. The lowest BCUT2D eigenvalue weighted by Gasteiger charge is -2.30. The molecular weight excluding hydrogens is 218 g/mol. The first kappa shape index (κ1) is 11.4. The smallest absolute Gasteiger partial charge is 0.274 e. The van der Waals surface area contributed by atoms with E-state index in [4.69, 9.17) is 0 Å². The van der Waals surface area contributed by atoms with Crippen LogP contribution in [0.15, 0.2) is 42.4 Å². The van der Waals surface area contributed by atoms with Crippen molar-refractivity contribution in [3.63, 3.8) is 0 Å². The van der Waals surface area contributed by atoms with E-state index >= 15 is 0 Å². The monoisotopic (exact) mass is 233 g/mol. The van der Waals surface area contributed by atoms with E-state index in [1.54, 1.807) is 0 Å². The van der Waals surface area contributed by atoms with Crippen LogP contribution in [0.4, 0.5) is 0 Å². The summed E-state index contributed by atoms with van der Waals surface area (Å²) in [6.45, 7) is 2.35. The van der Waals surface area contributed by atoms with E-state index in [-0.39, 0.29) is 0 Å². The Morgan fingerprint density at radius 1 is 1.41 bits per heavy atom. The van der Waals surface area contributed by atoms with Gasteiger partial charge in [-0.05, 0) is 12.0 Å². The summed E-state index contributed by atoms with van der Waals surface area (Å²) in [4.78, 5) is 12.1. The van der Waals surface area contributed by atoms with Crippen molar-refractivity contribution in [1.29, 1.82) is 0 Å². The lowest BCUT2D eigenvalue weighted by atomic mass is 10.2. The van der Waals surface area contributed by atoms with Crippen LogP contribution in [0.2, 0.25) is 0 Å². The second-order valence-electron chi connectivity index (χ2n) is 3.99. The lowest BCUT2D eigenvalue weighted by Crippen LogP contribution is -2.39. The minimum absolute atomic E-state index is 0.411. The number of nitro groups is 1. The SMILES string of the molecule is O=[N+]([O-])C=C1NCCCN1Cc1ccccc1. The van der Waals surface area contributed by atoms with Gasteiger partial charge in [0.15, 0.2) is 5.82 Å². The molecule has 0 saturated carbocycles. The molecular formula is C12H15N3O2. The van der Waals surface area contributed by atoms with Crippen LogP contribution in [-0.4, -0.2) is 22.9 Å². The van der Waals surface area contributed by atoms with Crippen LogP contribution in [-0.2, 0) is 6.54 Å². The first-order chi connectivity index (χ1) is 8.25. The van der Waals surface area contributed by atoms with Gasteiger partial charge < -0.3 is 10.2 Å². The highest BCUT2D eigenvalue weighted by Crippen LogP contribution is 2.13. The van der Waals surface area contributed by atoms with Gasteiger partial charge >= 0.3 is 0 Å². The maximum atomic E-state index is 10.5. The number of hydrogen-bond acceptors (Lipinski definition) is 4. The van der Waals surface area contributed by atoms with Crippen molar-refractivity contribution >= 4 is 0 Å². The molecule has 1 aromatic rings. The van der Waals surface area contributed by atoms with Gasteiger partial charge in [-0.2, -0.15) is 0 Å². The van der Waals surface area contributed by atoms with Gasteiger partial charge in [0.1, 0.15) is 0 Å². The molecule has 5 nitrogen and oxygen atoms in total. The number of rotatable bonds is 3. The first-order valence-corrected chi connectivity index (χ1v) is 5.64. The molecule has 0 aliphatic carbocycles. The van der Waals surface area contributed by atoms with Gasteiger partial charge in [0.05, 0.1) is 4.92 Å². The first-order valence-electron chi connectivity index (χ1n) is 5.64. The van der Waals surface area contributed by atoms with Gasteiger partial charge in [0.25, 0.3) is 6.20 Å². The zero-order chi connectivity index (χ0) is 12.1. The second-order valence-corrected chi connectivity index (χ2v) is 3.99. The largest absolute Gasteiger partial charge is 0.367 e. The zero-order valence-electron chi connectivity index (χ0n) is 9.50. The summed E-state index contributed by atoms with van der Waals surface area (Å²) in [7, 11) is 0. The standard InChI is InChI=1S/C12H15N3O2/c16-15(17)10-12-13-7-4-8-14(12)9-11-5-2-1-3-6-11/h1-3,5-6,10,13H,4,7-9H2. The van der Waals surface area contributed by atoms with E-state index in [0.717, 1.165) is 31.3 Å². The molecule has 1 aliphatic rings. The molecule has 0 unspecified atom stereocenters. The summed E-state index contributed by atoms with van der Waals surface area (Å²) >= 11 is 0. The van der Waals surface area contributed by atoms with Crippen molar-refractivity contribution in [1.82, 2.24) is 10.2 Å². The predicted molar refractivity (Wildman–Crippen MR) is 64.5 cm³/mol. The fourth-order valence-corrected chi connectivity index (χ4v) is 1.91. The van der Waals surface area contributed by atoms with Crippen LogP contribution >= 0.6 is 0 Å². The summed E-state index contributed by atoms with van der Waals surface area (Å²) in [6, 6.07) is 9.97. The topological polar surface area (TPSA) is 58.4 Å². The minimum atomic E-state index is -0.411. The summed E-state index contributed by atoms with van der Waals surface area (Å²) in [5, 5.41) is 13.6. The normalized spacial score (nSPS) is 17.9. The molecule has 5 heteroatoms. The summed E-state index contributed by atoms with van der Waals surface area (Å²) in [6.07, 6.45) is 2.05. The molecule has 1 N–H and O–H groups in total. The third-order valence-corrected chi connectivity index (χ3v) is 2.70. The van der Waals surface area contributed by atoms with Crippen molar-refractivity contribution in [3.8, 4) is 0 Å². The molecule has 17 heavy (non-hydrogen) atoms. The Kier molecular flexibility index (Phi) is 3.59. The third-order valence-electron chi connectivity index (χ3n) is 2.70. The van der Waals surface area contributed by atoms with Crippen LogP contribution in [0.1, 0.15) is 12.0 Å². The van der Waals surface area contributed by atoms with Gasteiger partial charge in [-0.15, -0.1) is 0 Å². The van der Waals surface area contributed by atoms with E-state index in [1.165, 1.54) is 0 Å². The van der Waals surface area contributed by atoms with Crippen molar-refractivity contribution in [2.24, 2.45) is 0 Å². The maximum absolute atomic E-state index is 10.5. The highest BCUT2D eigenvalue weighted by molar-refractivity contribution is 5.16. The summed E-state index contributed by atoms with van der Waals surface area (Å²) in [5.41, 5.74) is 1.16. The van der Waals surface area contributed by atoms with Gasteiger partial charge in [-0.25, -0.2) is 0 Å². The highest BCUT2D eigenvalue weighted by atomic mass is 16.6. The van der Waals surface area contributed by atoms with Gasteiger partial charge in [-0.1, -0.05) is 30.3 Å². The van der Waals surface area contributed by atoms with Crippen molar-refractivity contribution in [2.45, 2.75) is 13.0 Å². The summed E-state index contributed by atoms with van der Waals surface area (Å²) in [5.74, 6) is 0.602. The Labute approximate surface area is 99.9 Å². The van der Waals surface area contributed by atoms with Crippen LogP contribution in [0.25, 0.3) is 0 Å². The van der Waals surface area contributed by atoms with E-state index in [0.29, 0.717) is 12.4 Å². The molecule has 1 heterocycles. The average Bonchev–Trinajstić information content (AvgIpc) is 2.32. The van der Waals surface area contributed by atoms with Gasteiger partial charge in [0.2, 0.25) is 0 Å². The van der Waals surface area contributed by atoms with E-state index in [1.807, 2.05) is 35.2 Å². The van der Waals surface area contributed by atoms with E-state index in [2.05, 4.69) is 5.32 Å². The fourth-order valence-electron chi connectivity index (χ4n) is 1.91. The van der Waals surface area contributed by atoms with E-state index < -0.39 is 4.92 Å². The van der Waals surface area contributed by atoms with Crippen LogP contribution in [0, 0.1) is 10.1 Å².